The maximum absolute atomic E-state index is 11.8. The largest absolute Gasteiger partial charge is 0.462 e. The first-order valence-corrected chi connectivity index (χ1v) is 11.2. The molecule has 0 aromatic rings. The van der Waals surface area contributed by atoms with Crippen LogP contribution < -0.4 is 0 Å². The highest BCUT2D eigenvalue weighted by atomic mass is 16.5. The molecular weight excluding hydrogens is 320 g/mol. The molecule has 0 aliphatic rings. The highest BCUT2D eigenvalue weighted by molar-refractivity contribution is 5.69. The Labute approximate surface area is 164 Å². The van der Waals surface area contributed by atoms with E-state index in [9.17, 15) is 4.79 Å². The lowest BCUT2D eigenvalue weighted by atomic mass is 9.90. The van der Waals surface area contributed by atoms with Crippen molar-refractivity contribution in [1.29, 1.82) is 0 Å². The molecule has 0 radical (unpaired) electrons. The van der Waals surface area contributed by atoms with Gasteiger partial charge in [0.2, 0.25) is 0 Å². The third-order valence-electron chi connectivity index (χ3n) is 5.17. The minimum atomic E-state index is -0.0370. The van der Waals surface area contributed by atoms with Gasteiger partial charge < -0.3 is 4.74 Å². The topological polar surface area (TPSA) is 26.3 Å². The van der Waals surface area contributed by atoms with Crippen LogP contribution in [-0.4, -0.2) is 12.1 Å². The second-order valence-electron chi connectivity index (χ2n) is 8.83. The van der Waals surface area contributed by atoms with Gasteiger partial charge in [-0.3, -0.25) is 4.79 Å². The molecule has 0 aliphatic carbocycles. The van der Waals surface area contributed by atoms with Gasteiger partial charge in [-0.15, -0.1) is 0 Å². The molecule has 0 N–H and O–H groups in total. The summed E-state index contributed by atoms with van der Waals surface area (Å²) in [5.41, 5.74) is 0.0260. The van der Waals surface area contributed by atoms with Gasteiger partial charge in [-0.05, 0) is 44.4 Å². The first kappa shape index (κ1) is 25.2. The summed E-state index contributed by atoms with van der Waals surface area (Å²) in [4.78, 5) is 11.8. The molecule has 0 spiro atoms. The average Bonchev–Trinajstić information content (AvgIpc) is 2.57. The number of hydrogen-bond acceptors (Lipinski definition) is 2. The van der Waals surface area contributed by atoms with Crippen molar-refractivity contribution in [3.05, 3.63) is 12.2 Å². The van der Waals surface area contributed by atoms with E-state index in [1.165, 1.54) is 70.6 Å². The van der Waals surface area contributed by atoms with Gasteiger partial charge in [-0.1, -0.05) is 91.2 Å². The van der Waals surface area contributed by atoms with Crippen molar-refractivity contribution in [3.8, 4) is 0 Å². The van der Waals surface area contributed by atoms with Crippen molar-refractivity contribution in [2.24, 2.45) is 5.41 Å². The second kappa shape index (κ2) is 16.4. The summed E-state index contributed by atoms with van der Waals surface area (Å²) in [5, 5.41) is 0. The fourth-order valence-electron chi connectivity index (χ4n) is 2.77. The molecule has 0 bridgehead atoms. The van der Waals surface area contributed by atoms with E-state index in [1.807, 2.05) is 6.92 Å². The Kier molecular flexibility index (Phi) is 15.9. The minimum Gasteiger partial charge on any atom is -0.462 e. The lowest BCUT2D eigenvalue weighted by Crippen LogP contribution is -2.28. The first-order valence-electron chi connectivity index (χ1n) is 11.2. The molecular formula is C24H46O2. The highest BCUT2D eigenvalue weighted by Crippen LogP contribution is 2.22. The summed E-state index contributed by atoms with van der Waals surface area (Å²) in [6.45, 7) is 10.6. The number of carbonyl (C=O) groups is 1. The number of unbranched alkanes of at least 4 members (excludes halogenated alkanes) is 11. The molecule has 0 saturated carbocycles. The number of ether oxygens (including phenoxy) is 1. The van der Waals surface area contributed by atoms with Crippen LogP contribution in [0.3, 0.4) is 0 Å². The lowest BCUT2D eigenvalue weighted by molar-refractivity contribution is -0.153. The summed E-state index contributed by atoms with van der Waals surface area (Å²) in [6.07, 6.45) is 21.9. The molecule has 0 rings (SSSR count). The van der Waals surface area contributed by atoms with Crippen LogP contribution in [0.25, 0.3) is 0 Å². The van der Waals surface area contributed by atoms with Crippen molar-refractivity contribution >= 4 is 5.97 Å². The summed E-state index contributed by atoms with van der Waals surface area (Å²) < 4.78 is 5.49. The first-order chi connectivity index (χ1) is 12.4. The van der Waals surface area contributed by atoms with Crippen molar-refractivity contribution in [1.82, 2.24) is 0 Å². The quantitative estimate of drug-likeness (QED) is 0.157. The van der Waals surface area contributed by atoms with Gasteiger partial charge in [0.15, 0.2) is 0 Å². The molecule has 0 saturated heterocycles. The van der Waals surface area contributed by atoms with Gasteiger partial charge in [-0.25, -0.2) is 0 Å². The third kappa shape index (κ3) is 16.7. The standard InChI is InChI=1S/C24H46O2/c1-6-7-8-9-10-11-12-13-14-15-16-17-18-19-20-21-23(25)26-22(2)24(3,4)5/h13-14,22H,6-12,15-21H2,1-5H3/b14-13-. The minimum absolute atomic E-state index is 0.0156. The van der Waals surface area contributed by atoms with Crippen LogP contribution in [0.2, 0.25) is 0 Å². The van der Waals surface area contributed by atoms with Gasteiger partial charge in [0.1, 0.15) is 6.10 Å². The Hall–Kier alpha value is -0.790. The second-order valence-corrected chi connectivity index (χ2v) is 8.83. The Morgan fingerprint density at radius 3 is 1.77 bits per heavy atom. The van der Waals surface area contributed by atoms with Crippen molar-refractivity contribution in [3.63, 3.8) is 0 Å². The molecule has 26 heavy (non-hydrogen) atoms. The number of rotatable bonds is 16. The van der Waals surface area contributed by atoms with Crippen LogP contribution in [0.4, 0.5) is 0 Å². The Morgan fingerprint density at radius 1 is 0.808 bits per heavy atom. The van der Waals surface area contributed by atoms with Crippen molar-refractivity contribution in [2.75, 3.05) is 0 Å². The van der Waals surface area contributed by atoms with Crippen molar-refractivity contribution < 1.29 is 9.53 Å². The summed E-state index contributed by atoms with van der Waals surface area (Å²) in [6, 6.07) is 0. The SMILES string of the molecule is CCCCCCCC/C=C\CCCCCCCC(=O)OC(C)C(C)(C)C. The van der Waals surface area contributed by atoms with Gasteiger partial charge in [0.05, 0.1) is 0 Å². The fraction of sp³-hybridized carbons (Fsp3) is 0.875. The zero-order valence-electron chi connectivity index (χ0n) is 18.4. The van der Waals surface area contributed by atoms with Crippen LogP contribution in [0.1, 0.15) is 125 Å². The van der Waals surface area contributed by atoms with Crippen LogP contribution in [0.15, 0.2) is 12.2 Å². The summed E-state index contributed by atoms with van der Waals surface area (Å²) in [7, 11) is 0. The van der Waals surface area contributed by atoms with Crippen LogP contribution in [0, 0.1) is 5.41 Å². The molecule has 0 fully saturated rings. The average molecular weight is 367 g/mol. The van der Waals surface area contributed by atoms with Gasteiger partial charge in [0, 0.05) is 6.42 Å². The van der Waals surface area contributed by atoms with Crippen molar-refractivity contribution in [2.45, 2.75) is 131 Å². The van der Waals surface area contributed by atoms with Gasteiger partial charge >= 0.3 is 5.97 Å². The molecule has 0 amide bonds. The van der Waals surface area contributed by atoms with E-state index in [-0.39, 0.29) is 17.5 Å². The van der Waals surface area contributed by atoms with E-state index >= 15 is 0 Å². The summed E-state index contributed by atoms with van der Waals surface area (Å²) in [5.74, 6) is -0.0370. The van der Waals surface area contributed by atoms with E-state index in [4.69, 9.17) is 4.74 Å². The number of carbonyl (C=O) groups excluding carboxylic acids is 1. The third-order valence-corrected chi connectivity index (χ3v) is 5.17. The molecule has 0 aliphatic heterocycles. The Morgan fingerprint density at radius 2 is 1.27 bits per heavy atom. The van der Waals surface area contributed by atoms with Gasteiger partial charge in [-0.2, -0.15) is 0 Å². The molecule has 0 heterocycles. The highest BCUT2D eigenvalue weighted by Gasteiger charge is 2.23. The predicted octanol–water partition coefficient (Wildman–Crippen LogP) is 8.00. The van der Waals surface area contributed by atoms with E-state index in [2.05, 4.69) is 39.8 Å². The molecule has 0 aromatic heterocycles. The van der Waals surface area contributed by atoms with Crippen LogP contribution >= 0.6 is 0 Å². The normalized spacial score (nSPS) is 13.3. The number of allylic oxidation sites excluding steroid dienone is 2. The maximum Gasteiger partial charge on any atom is 0.306 e. The van der Waals surface area contributed by atoms with Gasteiger partial charge in [0.25, 0.3) is 0 Å². The molecule has 154 valence electrons. The Balaban J connectivity index is 3.35. The number of esters is 1. The predicted molar refractivity (Wildman–Crippen MR) is 114 cm³/mol. The van der Waals surface area contributed by atoms with E-state index in [0.29, 0.717) is 6.42 Å². The molecule has 0 aromatic carbocycles. The molecule has 2 nitrogen and oxygen atoms in total. The Bertz CT molecular complexity index is 352. The molecule has 1 atom stereocenters. The number of hydrogen-bond donors (Lipinski definition) is 0. The smallest absolute Gasteiger partial charge is 0.306 e. The molecule has 1 unspecified atom stereocenters. The monoisotopic (exact) mass is 366 g/mol. The van der Waals surface area contributed by atoms with E-state index < -0.39 is 0 Å². The zero-order chi connectivity index (χ0) is 19.7. The zero-order valence-corrected chi connectivity index (χ0v) is 18.4. The van der Waals surface area contributed by atoms with E-state index in [1.54, 1.807) is 0 Å². The molecule has 2 heteroatoms. The van der Waals surface area contributed by atoms with Crippen LogP contribution in [0.5, 0.6) is 0 Å². The fourth-order valence-corrected chi connectivity index (χ4v) is 2.77. The lowest BCUT2D eigenvalue weighted by Gasteiger charge is -2.26. The van der Waals surface area contributed by atoms with E-state index in [0.717, 1.165) is 12.8 Å². The maximum atomic E-state index is 11.8. The van der Waals surface area contributed by atoms with Crippen LogP contribution in [-0.2, 0) is 9.53 Å². The summed E-state index contributed by atoms with van der Waals surface area (Å²) >= 11 is 0.